The molecular formula is C17H30N2O. The third kappa shape index (κ3) is 3.36. The normalized spacial score (nSPS) is 30.4. The minimum absolute atomic E-state index is 0.421. The first-order valence-corrected chi connectivity index (χ1v) is 8.76. The van der Waals surface area contributed by atoms with E-state index in [1.807, 2.05) is 0 Å². The van der Waals surface area contributed by atoms with Crippen molar-refractivity contribution in [3.05, 3.63) is 0 Å². The van der Waals surface area contributed by atoms with Crippen molar-refractivity contribution < 1.29 is 4.79 Å². The molecular weight excluding hydrogens is 248 g/mol. The topological polar surface area (TPSA) is 32.3 Å². The number of hydrogen-bond acceptors (Lipinski definition) is 2. The molecule has 1 unspecified atom stereocenters. The van der Waals surface area contributed by atoms with Crippen LogP contribution in [0.3, 0.4) is 0 Å². The Morgan fingerprint density at radius 1 is 1.05 bits per heavy atom. The number of rotatable bonds is 2. The number of nitrogens with zero attached hydrogens (tertiary/aromatic N) is 1. The van der Waals surface area contributed by atoms with Gasteiger partial charge in [0, 0.05) is 19.5 Å². The molecule has 1 atom stereocenters. The molecule has 3 heteroatoms. The number of piperidine rings is 2. The van der Waals surface area contributed by atoms with E-state index >= 15 is 0 Å². The summed E-state index contributed by atoms with van der Waals surface area (Å²) >= 11 is 0. The van der Waals surface area contributed by atoms with Crippen molar-refractivity contribution >= 4 is 5.91 Å². The maximum atomic E-state index is 12.4. The zero-order chi connectivity index (χ0) is 13.8. The lowest BCUT2D eigenvalue weighted by Crippen LogP contribution is -2.45. The van der Waals surface area contributed by atoms with E-state index in [4.69, 9.17) is 0 Å². The van der Waals surface area contributed by atoms with Crippen LogP contribution in [0, 0.1) is 11.3 Å². The molecule has 2 heterocycles. The molecule has 1 amide bonds. The van der Waals surface area contributed by atoms with Gasteiger partial charge in [-0.25, -0.2) is 0 Å². The molecule has 1 spiro atoms. The molecule has 0 aromatic carbocycles. The third-order valence-corrected chi connectivity index (χ3v) is 5.95. The van der Waals surface area contributed by atoms with Crippen molar-refractivity contribution in [3.8, 4) is 0 Å². The largest absolute Gasteiger partial charge is 0.343 e. The minimum Gasteiger partial charge on any atom is -0.343 e. The van der Waals surface area contributed by atoms with Gasteiger partial charge in [0.2, 0.25) is 5.91 Å². The molecule has 1 N–H and O–H groups in total. The molecule has 2 aliphatic heterocycles. The van der Waals surface area contributed by atoms with Crippen LogP contribution in [0.25, 0.3) is 0 Å². The molecule has 1 aliphatic carbocycles. The second kappa shape index (κ2) is 6.46. The van der Waals surface area contributed by atoms with Gasteiger partial charge in [0.15, 0.2) is 0 Å². The molecule has 1 saturated carbocycles. The van der Waals surface area contributed by atoms with Crippen LogP contribution >= 0.6 is 0 Å². The van der Waals surface area contributed by atoms with Gasteiger partial charge < -0.3 is 10.2 Å². The fraction of sp³-hybridized carbons (Fsp3) is 0.941. The molecule has 0 aromatic rings. The SMILES string of the molecule is O=C(CC1CCCNC1)N1CCC2(CCCCC2)CC1. The van der Waals surface area contributed by atoms with Gasteiger partial charge in [-0.1, -0.05) is 19.3 Å². The number of carbonyl (C=O) groups is 1. The highest BCUT2D eigenvalue weighted by Gasteiger charge is 2.36. The Kier molecular flexibility index (Phi) is 4.65. The van der Waals surface area contributed by atoms with Gasteiger partial charge in [-0.15, -0.1) is 0 Å². The quantitative estimate of drug-likeness (QED) is 0.842. The van der Waals surface area contributed by atoms with Crippen LogP contribution < -0.4 is 5.32 Å². The van der Waals surface area contributed by atoms with Crippen molar-refractivity contribution in [2.45, 2.75) is 64.2 Å². The first-order chi connectivity index (χ1) is 9.77. The van der Waals surface area contributed by atoms with Gasteiger partial charge in [0.05, 0.1) is 0 Å². The summed E-state index contributed by atoms with van der Waals surface area (Å²) in [6.07, 6.45) is 12.9. The first-order valence-electron chi connectivity index (χ1n) is 8.76. The van der Waals surface area contributed by atoms with Crippen molar-refractivity contribution in [1.82, 2.24) is 10.2 Å². The van der Waals surface area contributed by atoms with E-state index in [9.17, 15) is 4.79 Å². The maximum Gasteiger partial charge on any atom is 0.222 e. The minimum atomic E-state index is 0.421. The Morgan fingerprint density at radius 3 is 2.45 bits per heavy atom. The second-order valence-corrected chi connectivity index (χ2v) is 7.36. The van der Waals surface area contributed by atoms with Crippen molar-refractivity contribution in [2.24, 2.45) is 11.3 Å². The van der Waals surface area contributed by atoms with Crippen LogP contribution in [0.2, 0.25) is 0 Å². The summed E-state index contributed by atoms with van der Waals surface area (Å²) in [5, 5.41) is 3.42. The van der Waals surface area contributed by atoms with E-state index in [0.29, 0.717) is 17.2 Å². The molecule has 20 heavy (non-hydrogen) atoms. The predicted octanol–water partition coefficient (Wildman–Crippen LogP) is 2.95. The van der Waals surface area contributed by atoms with Gasteiger partial charge in [-0.05, 0) is 62.9 Å². The van der Waals surface area contributed by atoms with E-state index in [1.165, 1.54) is 57.8 Å². The molecule has 3 aliphatic rings. The smallest absolute Gasteiger partial charge is 0.222 e. The molecule has 3 nitrogen and oxygen atoms in total. The second-order valence-electron chi connectivity index (χ2n) is 7.36. The summed E-state index contributed by atoms with van der Waals surface area (Å²) in [7, 11) is 0. The van der Waals surface area contributed by atoms with Crippen LogP contribution in [-0.2, 0) is 4.79 Å². The van der Waals surface area contributed by atoms with E-state index < -0.39 is 0 Å². The van der Waals surface area contributed by atoms with Gasteiger partial charge in [-0.2, -0.15) is 0 Å². The van der Waals surface area contributed by atoms with Gasteiger partial charge in [0.25, 0.3) is 0 Å². The highest BCUT2D eigenvalue weighted by molar-refractivity contribution is 5.76. The predicted molar refractivity (Wildman–Crippen MR) is 81.5 cm³/mol. The lowest BCUT2D eigenvalue weighted by Gasteiger charge is -2.44. The molecule has 0 radical (unpaired) electrons. The third-order valence-electron chi connectivity index (χ3n) is 5.95. The average Bonchev–Trinajstić information content (AvgIpc) is 2.50. The average molecular weight is 278 g/mol. The Morgan fingerprint density at radius 2 is 1.80 bits per heavy atom. The van der Waals surface area contributed by atoms with Crippen LogP contribution in [-0.4, -0.2) is 37.0 Å². The molecule has 2 saturated heterocycles. The Bertz CT molecular complexity index is 320. The summed E-state index contributed by atoms with van der Waals surface area (Å²) in [4.78, 5) is 14.6. The fourth-order valence-corrected chi connectivity index (χ4v) is 4.51. The summed E-state index contributed by atoms with van der Waals surface area (Å²) in [5.74, 6) is 1.01. The molecule has 0 bridgehead atoms. The summed E-state index contributed by atoms with van der Waals surface area (Å²) < 4.78 is 0. The molecule has 3 rings (SSSR count). The number of amides is 1. The lowest BCUT2D eigenvalue weighted by molar-refractivity contribution is -0.135. The van der Waals surface area contributed by atoms with Gasteiger partial charge in [0.1, 0.15) is 0 Å². The first kappa shape index (κ1) is 14.4. The standard InChI is InChI=1S/C17H30N2O/c20-16(13-15-5-4-10-18-14-15)19-11-8-17(9-12-19)6-2-1-3-7-17/h15,18H,1-14H2. The summed E-state index contributed by atoms with van der Waals surface area (Å²) in [5.41, 5.74) is 0.613. The Balaban J connectivity index is 1.46. The summed E-state index contributed by atoms with van der Waals surface area (Å²) in [6, 6.07) is 0. The van der Waals surface area contributed by atoms with E-state index in [2.05, 4.69) is 10.2 Å². The summed E-state index contributed by atoms with van der Waals surface area (Å²) in [6.45, 7) is 4.23. The maximum absolute atomic E-state index is 12.4. The van der Waals surface area contributed by atoms with Crippen molar-refractivity contribution in [1.29, 1.82) is 0 Å². The highest BCUT2D eigenvalue weighted by atomic mass is 16.2. The van der Waals surface area contributed by atoms with Crippen LogP contribution in [0.15, 0.2) is 0 Å². The number of likely N-dealkylation sites (tertiary alicyclic amines) is 1. The number of nitrogens with one attached hydrogen (secondary N) is 1. The fourth-order valence-electron chi connectivity index (χ4n) is 4.51. The molecule has 3 fully saturated rings. The van der Waals surface area contributed by atoms with Crippen LogP contribution in [0.1, 0.15) is 64.2 Å². The van der Waals surface area contributed by atoms with Crippen LogP contribution in [0.5, 0.6) is 0 Å². The zero-order valence-corrected chi connectivity index (χ0v) is 12.8. The Hall–Kier alpha value is -0.570. The van der Waals surface area contributed by atoms with Crippen molar-refractivity contribution in [3.63, 3.8) is 0 Å². The zero-order valence-electron chi connectivity index (χ0n) is 12.8. The lowest BCUT2D eigenvalue weighted by atomic mass is 9.68. The number of carbonyl (C=O) groups excluding carboxylic acids is 1. The monoisotopic (exact) mass is 278 g/mol. The van der Waals surface area contributed by atoms with Gasteiger partial charge in [-0.3, -0.25) is 4.79 Å². The highest BCUT2D eigenvalue weighted by Crippen LogP contribution is 2.44. The van der Waals surface area contributed by atoms with Gasteiger partial charge >= 0.3 is 0 Å². The van der Waals surface area contributed by atoms with E-state index in [0.717, 1.165) is 32.6 Å². The van der Waals surface area contributed by atoms with Crippen molar-refractivity contribution in [2.75, 3.05) is 26.2 Å². The molecule has 0 aromatic heterocycles. The van der Waals surface area contributed by atoms with E-state index in [-0.39, 0.29) is 0 Å². The molecule has 114 valence electrons. The Labute approximate surface area is 123 Å². The van der Waals surface area contributed by atoms with Crippen LogP contribution in [0.4, 0.5) is 0 Å². The number of hydrogen-bond donors (Lipinski definition) is 1. The van der Waals surface area contributed by atoms with E-state index in [1.54, 1.807) is 0 Å².